The van der Waals surface area contributed by atoms with E-state index in [4.69, 9.17) is 22.1 Å². The molecule has 0 atom stereocenters. The number of ether oxygens (including phenoxy) is 1. The number of benzene rings is 1. The third-order valence-corrected chi connectivity index (χ3v) is 2.19. The Labute approximate surface area is 96.6 Å². The third-order valence-electron chi connectivity index (χ3n) is 1.90. The largest absolute Gasteiger partial charge is 0.454 e. The van der Waals surface area contributed by atoms with Gasteiger partial charge >= 0.3 is 0 Å². The Morgan fingerprint density at radius 1 is 1.31 bits per heavy atom. The summed E-state index contributed by atoms with van der Waals surface area (Å²) in [7, 11) is 0. The van der Waals surface area contributed by atoms with E-state index in [1.807, 2.05) is 0 Å². The number of nitrogens with two attached hydrogens (primary N) is 1. The number of pyridine rings is 1. The molecular weight excluding hydrogens is 231 g/mol. The average molecular weight is 239 g/mol. The number of nitrogen functional groups attached to an aromatic ring is 1. The van der Waals surface area contributed by atoms with Gasteiger partial charge in [0, 0.05) is 12.3 Å². The molecule has 2 aromatic rings. The number of rotatable bonds is 2. The molecule has 0 spiro atoms. The second-order valence-corrected chi connectivity index (χ2v) is 3.48. The van der Waals surface area contributed by atoms with Gasteiger partial charge in [-0.25, -0.2) is 9.37 Å². The van der Waals surface area contributed by atoms with Gasteiger partial charge in [-0.3, -0.25) is 0 Å². The molecule has 0 fully saturated rings. The molecule has 5 heteroatoms. The van der Waals surface area contributed by atoms with Crippen molar-refractivity contribution in [3.63, 3.8) is 0 Å². The number of halogens is 2. The van der Waals surface area contributed by atoms with Crippen LogP contribution in [0, 0.1) is 5.82 Å². The summed E-state index contributed by atoms with van der Waals surface area (Å²) >= 11 is 5.62. The molecule has 0 aliphatic carbocycles. The summed E-state index contributed by atoms with van der Waals surface area (Å²) in [6.07, 6.45) is 1.48. The molecule has 0 aliphatic rings. The minimum Gasteiger partial charge on any atom is -0.454 e. The molecule has 16 heavy (non-hydrogen) atoms. The summed E-state index contributed by atoms with van der Waals surface area (Å²) in [6.45, 7) is 0. The van der Waals surface area contributed by atoms with Crippen molar-refractivity contribution in [3.8, 4) is 11.5 Å². The predicted octanol–water partition coefficient (Wildman–Crippen LogP) is 3.25. The Hall–Kier alpha value is -1.81. The van der Waals surface area contributed by atoms with E-state index in [-0.39, 0.29) is 10.8 Å². The Balaban J connectivity index is 2.31. The van der Waals surface area contributed by atoms with Crippen LogP contribution in [0.2, 0.25) is 5.02 Å². The van der Waals surface area contributed by atoms with Crippen LogP contribution in [-0.4, -0.2) is 4.98 Å². The number of nitrogens with zero attached hydrogens (tertiary/aromatic N) is 1. The molecule has 1 aromatic carbocycles. The molecule has 0 saturated carbocycles. The van der Waals surface area contributed by atoms with Gasteiger partial charge in [-0.05, 0) is 18.2 Å². The number of hydrogen-bond donors (Lipinski definition) is 1. The fourth-order valence-corrected chi connectivity index (χ4v) is 1.35. The molecule has 3 nitrogen and oxygen atoms in total. The van der Waals surface area contributed by atoms with E-state index in [9.17, 15) is 4.39 Å². The van der Waals surface area contributed by atoms with E-state index in [1.165, 1.54) is 24.4 Å². The Morgan fingerprint density at radius 3 is 2.88 bits per heavy atom. The van der Waals surface area contributed by atoms with Crippen molar-refractivity contribution in [3.05, 3.63) is 47.4 Å². The highest BCUT2D eigenvalue weighted by molar-refractivity contribution is 6.30. The second kappa shape index (κ2) is 4.37. The van der Waals surface area contributed by atoms with Crippen LogP contribution in [0.25, 0.3) is 0 Å². The normalized spacial score (nSPS) is 10.1. The zero-order chi connectivity index (χ0) is 11.5. The fourth-order valence-electron chi connectivity index (χ4n) is 1.18. The molecular formula is C11H8ClFN2O. The molecule has 0 bridgehead atoms. The second-order valence-electron chi connectivity index (χ2n) is 3.07. The van der Waals surface area contributed by atoms with Gasteiger partial charge in [-0.1, -0.05) is 17.7 Å². The maximum atomic E-state index is 13.5. The molecule has 82 valence electrons. The van der Waals surface area contributed by atoms with Gasteiger partial charge in [0.05, 0.1) is 5.02 Å². The number of aromatic nitrogens is 1. The van der Waals surface area contributed by atoms with E-state index in [0.717, 1.165) is 0 Å². The highest BCUT2D eigenvalue weighted by atomic mass is 35.5. The summed E-state index contributed by atoms with van der Waals surface area (Å²) in [4.78, 5) is 3.80. The van der Waals surface area contributed by atoms with Crippen LogP contribution in [0.15, 0.2) is 36.5 Å². The van der Waals surface area contributed by atoms with Crippen molar-refractivity contribution in [1.82, 2.24) is 4.98 Å². The lowest BCUT2D eigenvalue weighted by Gasteiger charge is -2.07. The summed E-state index contributed by atoms with van der Waals surface area (Å²) in [5.41, 5.74) is 5.47. The van der Waals surface area contributed by atoms with Crippen molar-refractivity contribution in [2.45, 2.75) is 0 Å². The Morgan fingerprint density at radius 2 is 2.12 bits per heavy atom. The van der Waals surface area contributed by atoms with Crippen LogP contribution in [0.5, 0.6) is 11.5 Å². The SMILES string of the molecule is Nc1cc(Oc2cccc(Cl)c2F)ccn1. The van der Waals surface area contributed by atoms with E-state index in [0.29, 0.717) is 11.6 Å². The summed E-state index contributed by atoms with van der Waals surface area (Å²) in [5.74, 6) is 0.172. The maximum absolute atomic E-state index is 13.5. The fraction of sp³-hybridized carbons (Fsp3) is 0. The van der Waals surface area contributed by atoms with Gasteiger partial charge in [-0.2, -0.15) is 0 Å². The molecule has 0 saturated heterocycles. The molecule has 0 radical (unpaired) electrons. The molecule has 1 aromatic heterocycles. The van der Waals surface area contributed by atoms with Gasteiger partial charge in [0.2, 0.25) is 0 Å². The average Bonchev–Trinajstić information content (AvgIpc) is 2.25. The first-order valence-corrected chi connectivity index (χ1v) is 4.88. The molecule has 2 N–H and O–H groups in total. The summed E-state index contributed by atoms with van der Waals surface area (Å²) in [5, 5.41) is 0.0135. The zero-order valence-corrected chi connectivity index (χ0v) is 8.91. The molecule has 0 unspecified atom stereocenters. The van der Waals surface area contributed by atoms with E-state index in [2.05, 4.69) is 4.98 Å². The van der Waals surface area contributed by atoms with Gasteiger partial charge in [0.25, 0.3) is 0 Å². The quantitative estimate of drug-likeness (QED) is 0.874. The number of anilines is 1. The van der Waals surface area contributed by atoms with Crippen LogP contribution in [0.3, 0.4) is 0 Å². The Bertz CT molecular complexity index is 519. The van der Waals surface area contributed by atoms with Crippen LogP contribution in [-0.2, 0) is 0 Å². The predicted molar refractivity (Wildman–Crippen MR) is 60.1 cm³/mol. The molecule has 1 heterocycles. The van der Waals surface area contributed by atoms with Crippen LogP contribution in [0.1, 0.15) is 0 Å². The minimum atomic E-state index is -0.598. The first-order chi connectivity index (χ1) is 7.66. The smallest absolute Gasteiger partial charge is 0.184 e. The lowest BCUT2D eigenvalue weighted by atomic mass is 10.3. The summed E-state index contributed by atoms with van der Waals surface area (Å²) < 4.78 is 18.8. The van der Waals surface area contributed by atoms with Gasteiger partial charge in [0.15, 0.2) is 11.6 Å². The van der Waals surface area contributed by atoms with E-state index in [1.54, 1.807) is 12.1 Å². The van der Waals surface area contributed by atoms with Crippen LogP contribution >= 0.6 is 11.6 Å². The van der Waals surface area contributed by atoms with Crippen molar-refractivity contribution < 1.29 is 9.13 Å². The lowest BCUT2D eigenvalue weighted by Crippen LogP contribution is -1.92. The Kier molecular flexibility index (Phi) is 2.92. The topological polar surface area (TPSA) is 48.1 Å². The van der Waals surface area contributed by atoms with Gasteiger partial charge < -0.3 is 10.5 Å². The zero-order valence-electron chi connectivity index (χ0n) is 8.15. The lowest BCUT2D eigenvalue weighted by molar-refractivity contribution is 0.442. The van der Waals surface area contributed by atoms with Crippen molar-refractivity contribution in [2.75, 3.05) is 5.73 Å². The monoisotopic (exact) mass is 238 g/mol. The highest BCUT2D eigenvalue weighted by Crippen LogP contribution is 2.28. The first kappa shape index (κ1) is 10.7. The highest BCUT2D eigenvalue weighted by Gasteiger charge is 2.08. The summed E-state index contributed by atoms with van der Waals surface area (Å²) in [6, 6.07) is 7.62. The van der Waals surface area contributed by atoms with E-state index < -0.39 is 5.82 Å². The van der Waals surface area contributed by atoms with Crippen molar-refractivity contribution >= 4 is 17.4 Å². The van der Waals surface area contributed by atoms with Crippen LogP contribution < -0.4 is 10.5 Å². The van der Waals surface area contributed by atoms with Gasteiger partial charge in [0.1, 0.15) is 11.6 Å². The van der Waals surface area contributed by atoms with Crippen molar-refractivity contribution in [1.29, 1.82) is 0 Å². The minimum absolute atomic E-state index is 0.0135. The van der Waals surface area contributed by atoms with E-state index >= 15 is 0 Å². The molecule has 2 rings (SSSR count). The van der Waals surface area contributed by atoms with Gasteiger partial charge in [-0.15, -0.1) is 0 Å². The van der Waals surface area contributed by atoms with Crippen molar-refractivity contribution in [2.24, 2.45) is 0 Å². The molecule has 0 amide bonds. The standard InChI is InChI=1S/C11H8ClFN2O/c12-8-2-1-3-9(11(8)13)16-7-4-5-15-10(14)6-7/h1-6H,(H2,14,15). The first-order valence-electron chi connectivity index (χ1n) is 4.50. The maximum Gasteiger partial charge on any atom is 0.184 e. The molecule has 0 aliphatic heterocycles. The van der Waals surface area contributed by atoms with Crippen LogP contribution in [0.4, 0.5) is 10.2 Å². The third kappa shape index (κ3) is 2.23. The number of hydrogen-bond acceptors (Lipinski definition) is 3.